The molecular formula is C25H31ClN6O3. The van der Waals surface area contributed by atoms with Crippen molar-refractivity contribution in [2.45, 2.75) is 46.4 Å². The number of benzene rings is 2. The molecule has 1 saturated heterocycles. The van der Waals surface area contributed by atoms with Crippen LogP contribution in [0.5, 0.6) is 5.75 Å². The van der Waals surface area contributed by atoms with Crippen molar-refractivity contribution in [2.75, 3.05) is 28.6 Å². The second-order valence-electron chi connectivity index (χ2n) is 9.07. The lowest BCUT2D eigenvalue weighted by molar-refractivity contribution is -0.00521. The van der Waals surface area contributed by atoms with Gasteiger partial charge >= 0.3 is 0 Å². The number of hydrogen-bond donors (Lipinski definition) is 5. The molecule has 0 aliphatic carbocycles. The van der Waals surface area contributed by atoms with Gasteiger partial charge in [0.2, 0.25) is 0 Å². The van der Waals surface area contributed by atoms with Crippen molar-refractivity contribution in [3.05, 3.63) is 57.6 Å². The highest BCUT2D eigenvalue weighted by atomic mass is 35.5. The maximum Gasteiger partial charge on any atom is 0.256 e. The molecule has 10 heteroatoms. The Hall–Kier alpha value is -3.43. The molecule has 1 aliphatic rings. The van der Waals surface area contributed by atoms with E-state index in [1.807, 2.05) is 58.0 Å². The van der Waals surface area contributed by atoms with E-state index < -0.39 is 5.91 Å². The zero-order valence-electron chi connectivity index (χ0n) is 20.3. The predicted molar refractivity (Wildman–Crippen MR) is 139 cm³/mol. The van der Waals surface area contributed by atoms with Crippen LogP contribution in [0.1, 0.15) is 40.9 Å². The van der Waals surface area contributed by atoms with E-state index in [0.29, 0.717) is 28.9 Å². The van der Waals surface area contributed by atoms with Crippen molar-refractivity contribution in [3.63, 3.8) is 0 Å². The molecule has 0 saturated carbocycles. The first-order chi connectivity index (χ1) is 16.6. The Morgan fingerprint density at radius 1 is 1.23 bits per heavy atom. The molecule has 1 aromatic heterocycles. The summed E-state index contributed by atoms with van der Waals surface area (Å²) in [5.41, 5.74) is 10.0. The van der Waals surface area contributed by atoms with Gasteiger partial charge in [0.25, 0.3) is 5.91 Å². The van der Waals surface area contributed by atoms with E-state index in [2.05, 4.69) is 25.7 Å². The standard InChI is InChI=1S/C25H31ClN6O3/c1-13-7-17(8-14(2)22(13)33)10-28-24-21(23(27)34)25(31-30-24)29-18-5-6-20(19(26)9-18)32-11-15(3)35-16(4)12-32/h5-9,15-16,33H,10-12H2,1-4H3,(H2,27,34)(H3,28,29,30,31). The lowest BCUT2D eigenvalue weighted by atomic mass is 10.1. The third kappa shape index (κ3) is 5.47. The largest absolute Gasteiger partial charge is 0.507 e. The summed E-state index contributed by atoms with van der Waals surface area (Å²) in [7, 11) is 0. The second-order valence-corrected chi connectivity index (χ2v) is 9.48. The summed E-state index contributed by atoms with van der Waals surface area (Å²) in [6.07, 6.45) is 0.243. The maximum atomic E-state index is 12.3. The van der Waals surface area contributed by atoms with Gasteiger partial charge in [-0.05, 0) is 62.6 Å². The summed E-state index contributed by atoms with van der Waals surface area (Å²) in [4.78, 5) is 14.5. The quantitative estimate of drug-likeness (QED) is 0.325. The highest BCUT2D eigenvalue weighted by Crippen LogP contribution is 2.33. The topological polar surface area (TPSA) is 129 Å². The summed E-state index contributed by atoms with van der Waals surface area (Å²) in [5, 5.41) is 24.0. The van der Waals surface area contributed by atoms with Crippen LogP contribution in [-0.4, -0.2) is 46.5 Å². The minimum Gasteiger partial charge on any atom is -0.507 e. The number of nitrogens with one attached hydrogen (secondary N) is 3. The van der Waals surface area contributed by atoms with E-state index >= 15 is 0 Å². The van der Waals surface area contributed by atoms with Gasteiger partial charge in [0, 0.05) is 25.3 Å². The second kappa shape index (κ2) is 10.1. The number of ether oxygens (including phenoxy) is 1. The average Bonchev–Trinajstić information content (AvgIpc) is 3.18. The Bertz CT molecular complexity index is 1210. The third-order valence-electron chi connectivity index (χ3n) is 6.00. The van der Waals surface area contributed by atoms with E-state index in [-0.39, 0.29) is 23.5 Å². The van der Waals surface area contributed by atoms with Crippen LogP contribution >= 0.6 is 11.6 Å². The number of aromatic amines is 1. The van der Waals surface area contributed by atoms with Crippen LogP contribution in [0.25, 0.3) is 0 Å². The van der Waals surface area contributed by atoms with Gasteiger partial charge in [0.15, 0.2) is 5.82 Å². The Morgan fingerprint density at radius 3 is 2.49 bits per heavy atom. The summed E-state index contributed by atoms with van der Waals surface area (Å²) >= 11 is 6.62. The number of carbonyl (C=O) groups is 1. The normalized spacial score (nSPS) is 17.9. The Labute approximate surface area is 209 Å². The van der Waals surface area contributed by atoms with Gasteiger partial charge in [-0.1, -0.05) is 23.7 Å². The molecular weight excluding hydrogens is 468 g/mol. The molecule has 1 fully saturated rings. The minimum absolute atomic E-state index is 0.121. The fourth-order valence-corrected chi connectivity index (χ4v) is 4.79. The van der Waals surface area contributed by atoms with Crippen molar-refractivity contribution < 1.29 is 14.6 Å². The lowest BCUT2D eigenvalue weighted by Crippen LogP contribution is -2.45. The van der Waals surface area contributed by atoms with Crippen molar-refractivity contribution in [1.29, 1.82) is 0 Å². The number of H-pyrrole nitrogens is 1. The fraction of sp³-hybridized carbons (Fsp3) is 0.360. The number of nitrogens with two attached hydrogens (primary N) is 1. The number of phenols is 1. The van der Waals surface area contributed by atoms with Gasteiger partial charge in [-0.3, -0.25) is 9.89 Å². The highest BCUT2D eigenvalue weighted by molar-refractivity contribution is 6.33. The molecule has 186 valence electrons. The van der Waals surface area contributed by atoms with Crippen molar-refractivity contribution in [1.82, 2.24) is 10.2 Å². The molecule has 6 N–H and O–H groups in total. The molecule has 9 nitrogen and oxygen atoms in total. The number of aromatic hydroxyl groups is 1. The van der Waals surface area contributed by atoms with Crippen molar-refractivity contribution in [3.8, 4) is 5.75 Å². The van der Waals surface area contributed by atoms with Gasteiger partial charge in [-0.15, -0.1) is 0 Å². The molecule has 0 bridgehead atoms. The van der Waals surface area contributed by atoms with Crippen LogP contribution in [0.15, 0.2) is 30.3 Å². The molecule has 0 spiro atoms. The molecule has 1 aliphatic heterocycles. The highest BCUT2D eigenvalue weighted by Gasteiger charge is 2.24. The molecule has 3 aromatic rings. The van der Waals surface area contributed by atoms with Crippen molar-refractivity contribution in [2.24, 2.45) is 5.73 Å². The first-order valence-corrected chi connectivity index (χ1v) is 11.9. The summed E-state index contributed by atoms with van der Waals surface area (Å²) < 4.78 is 5.81. The van der Waals surface area contributed by atoms with Crippen LogP contribution in [0.2, 0.25) is 5.02 Å². The van der Waals surface area contributed by atoms with Gasteiger partial charge in [0.05, 0.1) is 22.9 Å². The number of primary amides is 1. The first kappa shape index (κ1) is 24.7. The Balaban J connectivity index is 1.51. The molecule has 2 atom stereocenters. The van der Waals surface area contributed by atoms with Gasteiger partial charge < -0.3 is 31.1 Å². The third-order valence-corrected chi connectivity index (χ3v) is 6.30. The minimum atomic E-state index is -0.624. The first-order valence-electron chi connectivity index (χ1n) is 11.5. The number of amides is 1. The van der Waals surface area contributed by atoms with Gasteiger partial charge in [0.1, 0.15) is 17.1 Å². The number of morpholine rings is 1. The maximum absolute atomic E-state index is 12.3. The Morgan fingerprint density at radius 2 is 1.89 bits per heavy atom. The number of aromatic nitrogens is 2. The zero-order chi connectivity index (χ0) is 25.3. The van der Waals surface area contributed by atoms with E-state index in [1.165, 1.54) is 0 Å². The number of nitrogens with zero attached hydrogens (tertiary/aromatic N) is 2. The number of halogens is 1. The molecule has 0 radical (unpaired) electrons. The molecule has 2 aromatic carbocycles. The average molecular weight is 499 g/mol. The number of phenolic OH excluding ortho intramolecular Hbond substituents is 1. The van der Waals surface area contributed by atoms with E-state index in [9.17, 15) is 9.90 Å². The van der Waals surface area contributed by atoms with Crippen LogP contribution in [0, 0.1) is 13.8 Å². The number of carbonyl (C=O) groups excluding carboxylic acids is 1. The number of hydrogen-bond acceptors (Lipinski definition) is 7. The molecule has 1 amide bonds. The number of anilines is 4. The zero-order valence-corrected chi connectivity index (χ0v) is 21.0. The van der Waals surface area contributed by atoms with Crippen molar-refractivity contribution >= 4 is 40.5 Å². The van der Waals surface area contributed by atoms with Crippen LogP contribution < -0.4 is 21.3 Å². The molecule has 2 unspecified atom stereocenters. The summed E-state index contributed by atoms with van der Waals surface area (Å²) in [6.45, 7) is 9.71. The van der Waals surface area contributed by atoms with Gasteiger partial charge in [-0.2, -0.15) is 5.10 Å². The monoisotopic (exact) mass is 498 g/mol. The molecule has 4 rings (SSSR count). The summed E-state index contributed by atoms with van der Waals surface area (Å²) in [5.74, 6) is 0.360. The van der Waals surface area contributed by atoms with Gasteiger partial charge in [-0.25, -0.2) is 0 Å². The van der Waals surface area contributed by atoms with E-state index in [4.69, 9.17) is 22.1 Å². The van der Waals surface area contributed by atoms with E-state index in [1.54, 1.807) is 0 Å². The lowest BCUT2D eigenvalue weighted by Gasteiger charge is -2.37. The fourth-order valence-electron chi connectivity index (χ4n) is 4.49. The Kier molecular flexibility index (Phi) is 7.09. The van der Waals surface area contributed by atoms with E-state index in [0.717, 1.165) is 35.5 Å². The molecule has 2 heterocycles. The van der Waals surface area contributed by atoms with Crippen LogP contribution in [-0.2, 0) is 11.3 Å². The molecule has 35 heavy (non-hydrogen) atoms. The smallest absolute Gasteiger partial charge is 0.256 e. The number of rotatable bonds is 7. The number of aryl methyl sites for hydroxylation is 2. The van der Waals surface area contributed by atoms with Crippen LogP contribution in [0.4, 0.5) is 23.0 Å². The summed E-state index contributed by atoms with van der Waals surface area (Å²) in [6, 6.07) is 9.41. The van der Waals surface area contributed by atoms with Crippen LogP contribution in [0.3, 0.4) is 0 Å². The predicted octanol–water partition coefficient (Wildman–Crippen LogP) is 4.45. The SMILES string of the molecule is Cc1cc(CNc2n[nH]c(Nc3ccc(N4CC(C)OC(C)C4)c(Cl)c3)c2C(N)=O)cc(C)c1O.